The molecule has 19 heavy (non-hydrogen) atoms. The molecule has 96 valence electrons. The van der Waals surface area contributed by atoms with E-state index in [1.807, 2.05) is 6.07 Å². The van der Waals surface area contributed by atoms with Gasteiger partial charge in [-0.15, -0.1) is 0 Å². The van der Waals surface area contributed by atoms with E-state index < -0.39 is 11.9 Å². The van der Waals surface area contributed by atoms with E-state index in [1.54, 1.807) is 43.3 Å². The SMILES string of the molecule is C[C@@H](N)c1c(F)cccc1Oc1cccc(C#N)c1. The number of benzene rings is 2. The summed E-state index contributed by atoms with van der Waals surface area (Å²) in [6.07, 6.45) is 0. The molecule has 0 aliphatic carbocycles. The van der Waals surface area contributed by atoms with Crippen LogP contribution < -0.4 is 10.5 Å². The minimum atomic E-state index is -0.477. The molecule has 0 bridgehead atoms. The third-order valence-corrected chi connectivity index (χ3v) is 2.66. The van der Waals surface area contributed by atoms with E-state index >= 15 is 0 Å². The normalized spacial score (nSPS) is 11.7. The van der Waals surface area contributed by atoms with Crippen LogP contribution in [0.3, 0.4) is 0 Å². The second-order valence-corrected chi connectivity index (χ2v) is 4.18. The highest BCUT2D eigenvalue weighted by molar-refractivity contribution is 5.43. The minimum Gasteiger partial charge on any atom is -0.457 e. The van der Waals surface area contributed by atoms with Gasteiger partial charge in [0.1, 0.15) is 17.3 Å². The summed E-state index contributed by atoms with van der Waals surface area (Å²) in [5.41, 5.74) is 6.56. The molecular formula is C15H13FN2O. The second kappa shape index (κ2) is 5.51. The maximum Gasteiger partial charge on any atom is 0.135 e. The molecule has 0 saturated heterocycles. The Morgan fingerprint density at radius 3 is 2.68 bits per heavy atom. The molecule has 2 rings (SSSR count). The van der Waals surface area contributed by atoms with Crippen LogP contribution in [-0.4, -0.2) is 0 Å². The summed E-state index contributed by atoms with van der Waals surface area (Å²) in [5, 5.41) is 8.83. The van der Waals surface area contributed by atoms with Crippen molar-refractivity contribution in [1.29, 1.82) is 5.26 Å². The van der Waals surface area contributed by atoms with Crippen molar-refractivity contribution in [3.05, 3.63) is 59.4 Å². The predicted octanol–water partition coefficient (Wildman–Crippen LogP) is 3.51. The van der Waals surface area contributed by atoms with Crippen molar-refractivity contribution >= 4 is 0 Å². The molecule has 1 atom stereocenters. The van der Waals surface area contributed by atoms with Crippen LogP contribution >= 0.6 is 0 Å². The van der Waals surface area contributed by atoms with Crippen molar-refractivity contribution < 1.29 is 9.13 Å². The molecule has 0 saturated carbocycles. The first-order chi connectivity index (χ1) is 9.11. The van der Waals surface area contributed by atoms with Crippen molar-refractivity contribution in [3.63, 3.8) is 0 Å². The van der Waals surface area contributed by atoms with Crippen molar-refractivity contribution in [3.8, 4) is 17.6 Å². The highest BCUT2D eigenvalue weighted by Crippen LogP contribution is 2.30. The van der Waals surface area contributed by atoms with E-state index in [1.165, 1.54) is 6.07 Å². The lowest BCUT2D eigenvalue weighted by molar-refractivity contribution is 0.460. The maximum absolute atomic E-state index is 13.7. The maximum atomic E-state index is 13.7. The number of hydrogen-bond acceptors (Lipinski definition) is 3. The first kappa shape index (κ1) is 13.1. The molecule has 2 aromatic rings. The summed E-state index contributed by atoms with van der Waals surface area (Å²) in [6, 6.07) is 12.8. The molecule has 4 heteroatoms. The lowest BCUT2D eigenvalue weighted by Gasteiger charge is -2.14. The molecule has 0 radical (unpaired) electrons. The van der Waals surface area contributed by atoms with Crippen molar-refractivity contribution in [2.75, 3.05) is 0 Å². The summed E-state index contributed by atoms with van der Waals surface area (Å²) in [5.74, 6) is 0.445. The fraction of sp³-hybridized carbons (Fsp3) is 0.133. The van der Waals surface area contributed by atoms with Crippen molar-refractivity contribution in [2.45, 2.75) is 13.0 Å². The number of rotatable bonds is 3. The topological polar surface area (TPSA) is 59.0 Å². The number of ether oxygens (including phenoxy) is 1. The zero-order valence-electron chi connectivity index (χ0n) is 10.4. The van der Waals surface area contributed by atoms with E-state index in [0.29, 0.717) is 22.6 Å². The van der Waals surface area contributed by atoms with E-state index in [-0.39, 0.29) is 0 Å². The van der Waals surface area contributed by atoms with Gasteiger partial charge in [-0.1, -0.05) is 12.1 Å². The van der Waals surface area contributed by atoms with Crippen LogP contribution in [0.2, 0.25) is 0 Å². The van der Waals surface area contributed by atoms with Crippen molar-refractivity contribution in [1.82, 2.24) is 0 Å². The van der Waals surface area contributed by atoms with Crippen LogP contribution in [0, 0.1) is 17.1 Å². The van der Waals surface area contributed by atoms with Gasteiger partial charge in [0.25, 0.3) is 0 Å². The van der Waals surface area contributed by atoms with Gasteiger partial charge in [0.15, 0.2) is 0 Å². The molecule has 2 aromatic carbocycles. The molecule has 0 fully saturated rings. The third kappa shape index (κ3) is 2.90. The smallest absolute Gasteiger partial charge is 0.135 e. The zero-order valence-corrected chi connectivity index (χ0v) is 10.4. The average Bonchev–Trinajstić information content (AvgIpc) is 2.38. The Kier molecular flexibility index (Phi) is 3.79. The molecule has 0 aliphatic rings. The highest BCUT2D eigenvalue weighted by Gasteiger charge is 2.14. The third-order valence-electron chi connectivity index (χ3n) is 2.66. The van der Waals surface area contributed by atoms with Gasteiger partial charge in [-0.3, -0.25) is 0 Å². The van der Waals surface area contributed by atoms with Gasteiger partial charge in [0.05, 0.1) is 11.6 Å². The van der Waals surface area contributed by atoms with E-state index in [9.17, 15) is 4.39 Å². The minimum absolute atomic E-state index is 0.324. The zero-order chi connectivity index (χ0) is 13.8. The quantitative estimate of drug-likeness (QED) is 0.914. The molecule has 0 amide bonds. The molecule has 0 aliphatic heterocycles. The summed E-state index contributed by atoms with van der Waals surface area (Å²) >= 11 is 0. The fourth-order valence-electron chi connectivity index (χ4n) is 1.80. The largest absolute Gasteiger partial charge is 0.457 e. The van der Waals surface area contributed by atoms with Crippen LogP contribution in [-0.2, 0) is 0 Å². The van der Waals surface area contributed by atoms with E-state index in [4.69, 9.17) is 15.7 Å². The number of hydrogen-bond donors (Lipinski definition) is 1. The van der Waals surface area contributed by atoms with Gasteiger partial charge < -0.3 is 10.5 Å². The Labute approximate surface area is 111 Å². The van der Waals surface area contributed by atoms with Crippen LogP contribution in [0.5, 0.6) is 11.5 Å². The number of halogens is 1. The predicted molar refractivity (Wildman–Crippen MR) is 70.2 cm³/mol. The molecular weight excluding hydrogens is 243 g/mol. The Balaban J connectivity index is 2.38. The van der Waals surface area contributed by atoms with Crippen molar-refractivity contribution in [2.24, 2.45) is 5.73 Å². The van der Waals surface area contributed by atoms with Crippen LogP contribution in [0.25, 0.3) is 0 Å². The summed E-state index contributed by atoms with van der Waals surface area (Å²) in [6.45, 7) is 1.69. The van der Waals surface area contributed by atoms with Gasteiger partial charge >= 0.3 is 0 Å². The van der Waals surface area contributed by atoms with E-state index in [2.05, 4.69) is 0 Å². The van der Waals surface area contributed by atoms with Gasteiger partial charge in [0, 0.05) is 11.6 Å². The molecule has 0 aromatic heterocycles. The number of nitrogens with two attached hydrogens (primary N) is 1. The fourth-order valence-corrected chi connectivity index (χ4v) is 1.80. The number of nitriles is 1. The molecule has 3 nitrogen and oxygen atoms in total. The monoisotopic (exact) mass is 256 g/mol. The van der Waals surface area contributed by atoms with Gasteiger partial charge in [-0.25, -0.2) is 4.39 Å². The Morgan fingerprint density at radius 2 is 2.00 bits per heavy atom. The average molecular weight is 256 g/mol. The first-order valence-corrected chi connectivity index (χ1v) is 5.84. The summed E-state index contributed by atoms with van der Waals surface area (Å²) in [7, 11) is 0. The Hall–Kier alpha value is -2.38. The summed E-state index contributed by atoms with van der Waals surface area (Å²) in [4.78, 5) is 0. The molecule has 0 heterocycles. The number of nitrogens with zero attached hydrogens (tertiary/aromatic N) is 1. The Bertz CT molecular complexity index is 632. The van der Waals surface area contributed by atoms with Crippen LogP contribution in [0.1, 0.15) is 24.1 Å². The van der Waals surface area contributed by atoms with Gasteiger partial charge in [-0.05, 0) is 37.3 Å². The van der Waals surface area contributed by atoms with Gasteiger partial charge in [-0.2, -0.15) is 5.26 Å². The molecule has 2 N–H and O–H groups in total. The second-order valence-electron chi connectivity index (χ2n) is 4.18. The first-order valence-electron chi connectivity index (χ1n) is 5.84. The lowest BCUT2D eigenvalue weighted by atomic mass is 10.1. The van der Waals surface area contributed by atoms with Crippen LogP contribution in [0.4, 0.5) is 4.39 Å². The molecule has 0 spiro atoms. The van der Waals surface area contributed by atoms with Gasteiger partial charge in [0.2, 0.25) is 0 Å². The standard InChI is InChI=1S/C15H13FN2O/c1-10(18)15-13(16)6-3-7-14(15)19-12-5-2-4-11(8-12)9-17/h2-8,10H,18H2,1H3/t10-/m1/s1. The lowest BCUT2D eigenvalue weighted by Crippen LogP contribution is -2.09. The van der Waals surface area contributed by atoms with E-state index in [0.717, 1.165) is 0 Å². The summed E-state index contributed by atoms with van der Waals surface area (Å²) < 4.78 is 19.4. The Morgan fingerprint density at radius 1 is 1.26 bits per heavy atom. The molecule has 0 unspecified atom stereocenters. The van der Waals surface area contributed by atoms with Crippen LogP contribution in [0.15, 0.2) is 42.5 Å². The highest BCUT2D eigenvalue weighted by atomic mass is 19.1.